The van der Waals surface area contributed by atoms with Crippen LogP contribution in [-0.4, -0.2) is 42.2 Å². The van der Waals surface area contributed by atoms with Gasteiger partial charge in [0.05, 0.1) is 17.1 Å². The van der Waals surface area contributed by atoms with Crippen molar-refractivity contribution in [1.29, 1.82) is 0 Å². The zero-order chi connectivity index (χ0) is 20.4. The van der Waals surface area contributed by atoms with Crippen LogP contribution in [0, 0.1) is 0 Å². The van der Waals surface area contributed by atoms with Crippen LogP contribution in [-0.2, 0) is 19.0 Å². The first-order valence-corrected chi connectivity index (χ1v) is 9.85. The van der Waals surface area contributed by atoms with Crippen molar-refractivity contribution in [1.82, 2.24) is 20.6 Å². The van der Waals surface area contributed by atoms with Gasteiger partial charge in [0.25, 0.3) is 0 Å². The molecular weight excluding hydrogens is 518 g/mol. The number of aromatic nitrogens is 2. The predicted octanol–water partition coefficient (Wildman–Crippen LogP) is 3.91. The SMILES string of the molecule is CCNC(=NCCc1ncc(CC)s1)NCCOc1ccc(C(F)(F)F)cn1.I. The van der Waals surface area contributed by atoms with E-state index in [4.69, 9.17) is 4.74 Å². The summed E-state index contributed by atoms with van der Waals surface area (Å²) in [6.07, 6.45) is 0.0176. The van der Waals surface area contributed by atoms with Crippen molar-refractivity contribution in [2.75, 3.05) is 26.2 Å². The summed E-state index contributed by atoms with van der Waals surface area (Å²) >= 11 is 1.70. The fourth-order valence-electron chi connectivity index (χ4n) is 2.19. The molecule has 162 valence electrons. The van der Waals surface area contributed by atoms with E-state index in [2.05, 4.69) is 32.5 Å². The molecule has 0 amide bonds. The smallest absolute Gasteiger partial charge is 0.417 e. The van der Waals surface area contributed by atoms with Gasteiger partial charge >= 0.3 is 6.18 Å². The molecular formula is C18H25F3IN5OS. The Labute approximate surface area is 189 Å². The Balaban J connectivity index is 0.00000420. The summed E-state index contributed by atoms with van der Waals surface area (Å²) in [5.41, 5.74) is -0.800. The Morgan fingerprint density at radius 2 is 1.97 bits per heavy atom. The van der Waals surface area contributed by atoms with Gasteiger partial charge in [0, 0.05) is 42.8 Å². The Hall–Kier alpha value is -1.63. The van der Waals surface area contributed by atoms with Crippen LogP contribution in [0.15, 0.2) is 29.5 Å². The first-order chi connectivity index (χ1) is 13.4. The van der Waals surface area contributed by atoms with Gasteiger partial charge in [0.15, 0.2) is 5.96 Å². The van der Waals surface area contributed by atoms with Crippen molar-refractivity contribution in [2.24, 2.45) is 4.99 Å². The van der Waals surface area contributed by atoms with E-state index < -0.39 is 11.7 Å². The van der Waals surface area contributed by atoms with Crippen molar-refractivity contribution < 1.29 is 17.9 Å². The molecule has 0 radical (unpaired) electrons. The molecule has 2 aromatic rings. The maximum Gasteiger partial charge on any atom is 0.417 e. The normalized spacial score (nSPS) is 11.7. The molecule has 11 heteroatoms. The zero-order valence-corrected chi connectivity index (χ0v) is 19.4. The second-order valence-electron chi connectivity index (χ2n) is 5.74. The number of aryl methyl sites for hydroxylation is 1. The Bertz CT molecular complexity index is 753. The molecule has 0 spiro atoms. The average Bonchev–Trinajstić information content (AvgIpc) is 3.13. The van der Waals surface area contributed by atoms with Crippen molar-refractivity contribution in [3.05, 3.63) is 40.0 Å². The molecule has 0 aliphatic carbocycles. The van der Waals surface area contributed by atoms with E-state index in [1.165, 1.54) is 10.9 Å². The van der Waals surface area contributed by atoms with Crippen LogP contribution < -0.4 is 15.4 Å². The van der Waals surface area contributed by atoms with E-state index in [-0.39, 0.29) is 36.5 Å². The quantitative estimate of drug-likeness (QED) is 0.217. The summed E-state index contributed by atoms with van der Waals surface area (Å²) in [5.74, 6) is 0.797. The number of rotatable bonds is 9. The Kier molecular flexibility index (Phi) is 11.2. The third kappa shape index (κ3) is 9.15. The number of alkyl halides is 3. The molecule has 0 saturated heterocycles. The Morgan fingerprint density at radius 1 is 1.17 bits per heavy atom. The van der Waals surface area contributed by atoms with Crippen LogP contribution in [0.1, 0.15) is 29.3 Å². The van der Waals surface area contributed by atoms with E-state index in [1.807, 2.05) is 13.1 Å². The first-order valence-electron chi connectivity index (χ1n) is 9.04. The van der Waals surface area contributed by atoms with E-state index in [0.717, 1.165) is 30.1 Å². The highest BCUT2D eigenvalue weighted by Crippen LogP contribution is 2.29. The van der Waals surface area contributed by atoms with Gasteiger partial charge in [-0.15, -0.1) is 35.3 Å². The number of aliphatic imine (C=N–C) groups is 1. The highest BCUT2D eigenvalue weighted by atomic mass is 127. The molecule has 0 atom stereocenters. The number of guanidine groups is 1. The number of nitrogens with zero attached hydrogens (tertiary/aromatic N) is 3. The molecule has 2 heterocycles. The lowest BCUT2D eigenvalue weighted by atomic mass is 10.3. The second kappa shape index (κ2) is 12.8. The lowest BCUT2D eigenvalue weighted by Gasteiger charge is -2.12. The standard InChI is InChI=1S/C18H24F3N5OS.HI/c1-3-14-12-26-16(28-14)7-8-23-17(22-4-2)24-9-10-27-15-6-5-13(11-25-15)18(19,20)21;/h5-6,11-12H,3-4,7-10H2,1-2H3,(H2,22,23,24);1H. The molecule has 2 rings (SSSR count). The number of hydrogen-bond acceptors (Lipinski definition) is 5. The number of ether oxygens (including phenoxy) is 1. The van der Waals surface area contributed by atoms with Crippen LogP contribution in [0.2, 0.25) is 0 Å². The molecule has 2 N–H and O–H groups in total. The maximum absolute atomic E-state index is 12.5. The number of hydrogen-bond donors (Lipinski definition) is 2. The summed E-state index contributed by atoms with van der Waals surface area (Å²) < 4.78 is 42.9. The van der Waals surface area contributed by atoms with Crippen molar-refractivity contribution >= 4 is 41.3 Å². The molecule has 0 bridgehead atoms. The fourth-order valence-corrected chi connectivity index (χ4v) is 3.04. The summed E-state index contributed by atoms with van der Waals surface area (Å²) in [6, 6.07) is 2.16. The fraction of sp³-hybridized carbons (Fsp3) is 0.500. The summed E-state index contributed by atoms with van der Waals surface area (Å²) in [7, 11) is 0. The van der Waals surface area contributed by atoms with E-state index >= 15 is 0 Å². The van der Waals surface area contributed by atoms with E-state index in [9.17, 15) is 13.2 Å². The van der Waals surface area contributed by atoms with Gasteiger partial charge in [-0.3, -0.25) is 4.99 Å². The predicted molar refractivity (Wildman–Crippen MR) is 119 cm³/mol. The number of halogens is 4. The third-order valence-corrected chi connectivity index (χ3v) is 4.80. The molecule has 0 aliphatic rings. The third-order valence-electron chi connectivity index (χ3n) is 3.60. The maximum atomic E-state index is 12.5. The Morgan fingerprint density at radius 3 is 2.55 bits per heavy atom. The summed E-state index contributed by atoms with van der Waals surface area (Å²) in [6.45, 7) is 6.07. The highest BCUT2D eigenvalue weighted by Gasteiger charge is 2.30. The molecule has 0 aliphatic heterocycles. The van der Waals surface area contributed by atoms with Crippen LogP contribution in [0.3, 0.4) is 0 Å². The monoisotopic (exact) mass is 543 g/mol. The topological polar surface area (TPSA) is 71.4 Å². The largest absolute Gasteiger partial charge is 0.476 e. The lowest BCUT2D eigenvalue weighted by Crippen LogP contribution is -2.39. The van der Waals surface area contributed by atoms with Gasteiger partial charge in [0.2, 0.25) is 5.88 Å². The van der Waals surface area contributed by atoms with Gasteiger partial charge < -0.3 is 15.4 Å². The summed E-state index contributed by atoms with van der Waals surface area (Å²) in [4.78, 5) is 13.8. The van der Waals surface area contributed by atoms with Crippen LogP contribution in [0.5, 0.6) is 5.88 Å². The van der Waals surface area contributed by atoms with E-state index in [0.29, 0.717) is 25.6 Å². The number of nitrogens with one attached hydrogen (secondary N) is 2. The minimum atomic E-state index is -4.40. The zero-order valence-electron chi connectivity index (χ0n) is 16.3. The molecule has 0 saturated carbocycles. The highest BCUT2D eigenvalue weighted by molar-refractivity contribution is 14.0. The van der Waals surface area contributed by atoms with Crippen molar-refractivity contribution in [2.45, 2.75) is 32.9 Å². The van der Waals surface area contributed by atoms with Gasteiger partial charge in [-0.1, -0.05) is 6.92 Å². The van der Waals surface area contributed by atoms with Gasteiger partial charge in [-0.05, 0) is 19.4 Å². The number of thiazole rings is 1. The van der Waals surface area contributed by atoms with Gasteiger partial charge in [-0.25, -0.2) is 9.97 Å². The molecule has 6 nitrogen and oxygen atoms in total. The van der Waals surface area contributed by atoms with Crippen molar-refractivity contribution in [3.8, 4) is 5.88 Å². The average molecular weight is 543 g/mol. The van der Waals surface area contributed by atoms with Gasteiger partial charge in [-0.2, -0.15) is 13.2 Å². The first kappa shape index (κ1) is 25.4. The molecule has 2 aromatic heterocycles. The van der Waals surface area contributed by atoms with Crippen molar-refractivity contribution in [3.63, 3.8) is 0 Å². The minimum absolute atomic E-state index is 0. The number of pyridine rings is 1. The molecule has 0 aromatic carbocycles. The lowest BCUT2D eigenvalue weighted by molar-refractivity contribution is -0.137. The molecule has 0 unspecified atom stereocenters. The van der Waals surface area contributed by atoms with Crippen LogP contribution in [0.25, 0.3) is 0 Å². The van der Waals surface area contributed by atoms with Crippen LogP contribution >= 0.6 is 35.3 Å². The summed E-state index contributed by atoms with van der Waals surface area (Å²) in [5, 5.41) is 7.32. The molecule has 29 heavy (non-hydrogen) atoms. The minimum Gasteiger partial charge on any atom is -0.476 e. The molecule has 0 fully saturated rings. The van der Waals surface area contributed by atoms with E-state index in [1.54, 1.807) is 11.3 Å². The van der Waals surface area contributed by atoms with Gasteiger partial charge in [0.1, 0.15) is 6.61 Å². The second-order valence-corrected chi connectivity index (χ2v) is 6.94. The van der Waals surface area contributed by atoms with Crippen LogP contribution in [0.4, 0.5) is 13.2 Å².